The van der Waals surface area contributed by atoms with E-state index in [0.29, 0.717) is 29.0 Å². The number of nitrogens with zero attached hydrogens (tertiary/aromatic N) is 5. The predicted molar refractivity (Wildman–Crippen MR) is 136 cm³/mol. The van der Waals surface area contributed by atoms with Gasteiger partial charge in [-0.05, 0) is 55.7 Å². The van der Waals surface area contributed by atoms with Crippen molar-refractivity contribution in [2.75, 3.05) is 7.11 Å². The molecule has 1 saturated heterocycles. The van der Waals surface area contributed by atoms with Crippen LogP contribution in [0, 0.1) is 17.1 Å². The number of ether oxygens (including phenoxy) is 2. The van der Waals surface area contributed by atoms with Crippen molar-refractivity contribution in [3.63, 3.8) is 0 Å². The van der Waals surface area contributed by atoms with Crippen LogP contribution < -0.4 is 10.3 Å². The highest BCUT2D eigenvalue weighted by atomic mass is 19.4. The Kier molecular flexibility index (Phi) is 7.01. The van der Waals surface area contributed by atoms with Crippen molar-refractivity contribution < 1.29 is 27.0 Å². The summed E-state index contributed by atoms with van der Waals surface area (Å²) in [5.74, 6) is -2.18. The zero-order valence-electron chi connectivity index (χ0n) is 21.7. The van der Waals surface area contributed by atoms with E-state index in [4.69, 9.17) is 14.7 Å². The molecule has 0 spiro atoms. The van der Waals surface area contributed by atoms with E-state index >= 15 is 4.39 Å². The molecule has 12 heteroatoms. The molecule has 1 fully saturated rings. The van der Waals surface area contributed by atoms with E-state index in [9.17, 15) is 18.0 Å². The van der Waals surface area contributed by atoms with Crippen LogP contribution in [0.25, 0.3) is 22.2 Å². The summed E-state index contributed by atoms with van der Waals surface area (Å²) in [6.07, 6.45) is -3.02. The second kappa shape index (κ2) is 10.3. The molecule has 1 aliphatic rings. The van der Waals surface area contributed by atoms with Crippen LogP contribution in [-0.2, 0) is 18.0 Å². The van der Waals surface area contributed by atoms with E-state index in [-0.39, 0.29) is 45.8 Å². The Morgan fingerprint density at radius 2 is 1.93 bits per heavy atom. The molecule has 0 unspecified atom stereocenters. The Morgan fingerprint density at radius 3 is 2.60 bits per heavy atom. The third-order valence-corrected chi connectivity index (χ3v) is 6.96. The van der Waals surface area contributed by atoms with Crippen molar-refractivity contribution in [2.45, 2.75) is 44.1 Å². The number of pyridine rings is 2. The first kappa shape index (κ1) is 27.2. The number of fused-ring (bicyclic) bond motifs is 1. The summed E-state index contributed by atoms with van der Waals surface area (Å²) in [4.78, 5) is 25.7. The molecule has 3 aromatic heterocycles. The fourth-order valence-corrected chi connectivity index (χ4v) is 5.06. The van der Waals surface area contributed by atoms with Gasteiger partial charge in [0.15, 0.2) is 0 Å². The normalized spacial score (nSPS) is 19.4. The van der Waals surface area contributed by atoms with Crippen molar-refractivity contribution in [1.29, 1.82) is 5.26 Å². The zero-order chi connectivity index (χ0) is 28.8. The summed E-state index contributed by atoms with van der Waals surface area (Å²) in [5, 5.41) is 9.02. The molecule has 0 amide bonds. The maximum atomic E-state index is 15.2. The maximum Gasteiger partial charge on any atom is 0.449 e. The van der Waals surface area contributed by atoms with Crippen LogP contribution in [0.2, 0.25) is 0 Å². The molecule has 40 heavy (non-hydrogen) atoms. The standard InChI is InChI=1S/C28H23F4N5O3/c1-14-8-17(10-22(40-14)16-6-7-34-23(11-16)39-3)21-12-19-25(36-27(28(30,31)32)37(2)26(19)38)24(35-21)18-5-4-15(13-33)9-20(18)29/h4-7,9,11-12,14,17,22H,8,10H2,1-3H3/t14-,17-,22+/m1/s1. The molecule has 0 radical (unpaired) electrons. The first-order valence-corrected chi connectivity index (χ1v) is 12.3. The lowest BCUT2D eigenvalue weighted by Crippen LogP contribution is -2.29. The smallest absolute Gasteiger partial charge is 0.449 e. The molecule has 0 N–H and O–H groups in total. The van der Waals surface area contributed by atoms with Gasteiger partial charge in [-0.2, -0.15) is 18.4 Å². The van der Waals surface area contributed by atoms with Gasteiger partial charge in [0.2, 0.25) is 11.7 Å². The number of nitriles is 1. The number of hydrogen-bond acceptors (Lipinski definition) is 7. The Morgan fingerprint density at radius 1 is 1.15 bits per heavy atom. The third kappa shape index (κ3) is 5.00. The van der Waals surface area contributed by atoms with Gasteiger partial charge >= 0.3 is 6.18 Å². The average Bonchev–Trinajstić information content (AvgIpc) is 2.93. The third-order valence-electron chi connectivity index (χ3n) is 6.96. The second-order valence-electron chi connectivity index (χ2n) is 9.63. The Labute approximate surface area is 225 Å². The molecule has 0 bridgehead atoms. The van der Waals surface area contributed by atoms with E-state index in [0.717, 1.165) is 18.7 Å². The Hall–Kier alpha value is -4.37. The van der Waals surface area contributed by atoms with Crippen LogP contribution in [0.1, 0.15) is 54.4 Å². The summed E-state index contributed by atoms with van der Waals surface area (Å²) >= 11 is 0. The van der Waals surface area contributed by atoms with Crippen LogP contribution in [0.15, 0.2) is 47.4 Å². The number of methoxy groups -OCH3 is 1. The van der Waals surface area contributed by atoms with Crippen molar-refractivity contribution in [2.24, 2.45) is 7.05 Å². The molecule has 8 nitrogen and oxygen atoms in total. The number of benzene rings is 1. The molecule has 4 aromatic rings. The molecule has 0 saturated carbocycles. The minimum absolute atomic E-state index is 0.0236. The van der Waals surface area contributed by atoms with Crippen molar-refractivity contribution in [3.05, 3.63) is 81.4 Å². The van der Waals surface area contributed by atoms with E-state index in [1.807, 2.05) is 13.0 Å². The summed E-state index contributed by atoms with van der Waals surface area (Å²) in [5.41, 5.74) is -0.462. The van der Waals surface area contributed by atoms with Crippen LogP contribution >= 0.6 is 0 Å². The minimum Gasteiger partial charge on any atom is -0.481 e. The molecular formula is C28H23F4N5O3. The zero-order valence-corrected chi connectivity index (χ0v) is 21.7. The quantitative estimate of drug-likeness (QED) is 0.310. The number of alkyl halides is 3. The molecule has 4 heterocycles. The average molecular weight is 554 g/mol. The summed E-state index contributed by atoms with van der Waals surface area (Å²) in [7, 11) is 2.49. The topological polar surface area (TPSA) is 103 Å². The van der Waals surface area contributed by atoms with Gasteiger partial charge in [-0.15, -0.1) is 0 Å². The molecule has 5 rings (SSSR count). The van der Waals surface area contributed by atoms with Gasteiger partial charge in [0.25, 0.3) is 5.56 Å². The number of aromatic nitrogens is 4. The van der Waals surface area contributed by atoms with Crippen molar-refractivity contribution >= 4 is 10.9 Å². The van der Waals surface area contributed by atoms with Gasteiger partial charge in [0.05, 0.1) is 42.0 Å². The van der Waals surface area contributed by atoms with Crippen LogP contribution in [0.4, 0.5) is 17.6 Å². The molecule has 1 aromatic carbocycles. The molecular weight excluding hydrogens is 530 g/mol. The summed E-state index contributed by atoms with van der Waals surface area (Å²) < 4.78 is 68.3. The fraction of sp³-hybridized carbons (Fsp3) is 0.321. The largest absolute Gasteiger partial charge is 0.481 e. The van der Waals surface area contributed by atoms with Gasteiger partial charge in [-0.1, -0.05) is 0 Å². The van der Waals surface area contributed by atoms with Gasteiger partial charge in [-0.3, -0.25) is 14.3 Å². The summed E-state index contributed by atoms with van der Waals surface area (Å²) in [6, 6.07) is 10.3. The van der Waals surface area contributed by atoms with Gasteiger partial charge in [0, 0.05) is 36.5 Å². The molecule has 3 atom stereocenters. The predicted octanol–water partition coefficient (Wildman–Crippen LogP) is 5.45. The first-order valence-electron chi connectivity index (χ1n) is 12.3. The van der Waals surface area contributed by atoms with E-state index in [1.165, 1.54) is 25.3 Å². The van der Waals surface area contributed by atoms with Gasteiger partial charge in [-0.25, -0.2) is 14.4 Å². The fourth-order valence-electron chi connectivity index (χ4n) is 5.06. The lowest BCUT2D eigenvalue weighted by molar-refractivity contribution is -0.147. The highest BCUT2D eigenvalue weighted by Crippen LogP contribution is 2.42. The highest BCUT2D eigenvalue weighted by molar-refractivity contribution is 5.91. The maximum absolute atomic E-state index is 15.2. The number of halogens is 4. The Balaban J connectivity index is 1.71. The van der Waals surface area contributed by atoms with Gasteiger partial charge < -0.3 is 9.47 Å². The molecule has 206 valence electrons. The summed E-state index contributed by atoms with van der Waals surface area (Å²) in [6.45, 7) is 1.88. The Bertz CT molecular complexity index is 1710. The van der Waals surface area contributed by atoms with Crippen LogP contribution in [-0.4, -0.2) is 32.7 Å². The molecule has 1 aliphatic heterocycles. The van der Waals surface area contributed by atoms with E-state index < -0.39 is 23.4 Å². The number of rotatable bonds is 4. The van der Waals surface area contributed by atoms with E-state index in [1.54, 1.807) is 18.3 Å². The SMILES string of the molecule is COc1cc([C@@H]2C[C@H](c3cc4c(=O)n(C)c(C(F)(F)F)nc4c(-c4ccc(C#N)cc4F)n3)C[C@@H](C)O2)ccn1. The minimum atomic E-state index is -4.93. The lowest BCUT2D eigenvalue weighted by atomic mass is 9.86. The van der Waals surface area contributed by atoms with Crippen LogP contribution in [0.3, 0.4) is 0 Å². The van der Waals surface area contributed by atoms with Gasteiger partial charge in [0.1, 0.15) is 11.3 Å². The lowest BCUT2D eigenvalue weighted by Gasteiger charge is -2.34. The van der Waals surface area contributed by atoms with Crippen LogP contribution in [0.5, 0.6) is 5.88 Å². The number of hydrogen-bond donors (Lipinski definition) is 0. The highest BCUT2D eigenvalue weighted by Gasteiger charge is 2.38. The van der Waals surface area contributed by atoms with Crippen molar-refractivity contribution in [3.8, 4) is 23.2 Å². The first-order chi connectivity index (χ1) is 19.0. The monoisotopic (exact) mass is 553 g/mol. The molecule has 0 aliphatic carbocycles. The second-order valence-corrected chi connectivity index (χ2v) is 9.63. The van der Waals surface area contributed by atoms with E-state index in [2.05, 4.69) is 15.0 Å². The van der Waals surface area contributed by atoms with Crippen molar-refractivity contribution in [1.82, 2.24) is 19.5 Å².